The van der Waals surface area contributed by atoms with Crippen LogP contribution in [0.4, 0.5) is 5.13 Å². The van der Waals surface area contributed by atoms with Crippen molar-refractivity contribution in [1.82, 2.24) is 9.88 Å². The zero-order chi connectivity index (χ0) is 22.9. The van der Waals surface area contributed by atoms with Gasteiger partial charge in [0.2, 0.25) is 10.9 Å². The van der Waals surface area contributed by atoms with Gasteiger partial charge in [-0.2, -0.15) is 0 Å². The first kappa shape index (κ1) is 22.8. The van der Waals surface area contributed by atoms with Crippen LogP contribution in [-0.4, -0.2) is 73.6 Å². The second-order valence-corrected chi connectivity index (χ2v) is 9.24. The number of carbonyl (C=O) groups excluding carboxylic acids is 1. The van der Waals surface area contributed by atoms with Crippen LogP contribution < -0.4 is 4.74 Å². The van der Waals surface area contributed by atoms with Crippen molar-refractivity contribution in [2.45, 2.75) is 50.8 Å². The number of aliphatic imine (C=N–C) groups is 1. The highest BCUT2D eigenvalue weighted by molar-refractivity contribution is 7.17. The van der Waals surface area contributed by atoms with Gasteiger partial charge in [-0.15, -0.1) is 0 Å². The quantitative estimate of drug-likeness (QED) is 0.337. The second-order valence-electron chi connectivity index (χ2n) is 8.23. The first-order chi connectivity index (χ1) is 15.3. The molecule has 0 aliphatic carbocycles. The number of hydrogen-bond donors (Lipinski definition) is 0. The Morgan fingerprint density at radius 3 is 2.72 bits per heavy atom. The fourth-order valence-corrected chi connectivity index (χ4v) is 4.25. The van der Waals surface area contributed by atoms with Gasteiger partial charge in [0.15, 0.2) is 18.2 Å². The Bertz CT molecular complexity index is 974. The molecule has 2 fully saturated rings. The van der Waals surface area contributed by atoms with Crippen LogP contribution in [0.5, 0.6) is 5.75 Å². The number of hydrogen-bond acceptors (Lipinski definition) is 9. The molecule has 2 saturated heterocycles. The first-order valence-corrected chi connectivity index (χ1v) is 11.0. The zero-order valence-corrected chi connectivity index (χ0v) is 19.5. The van der Waals surface area contributed by atoms with Crippen molar-refractivity contribution in [2.24, 2.45) is 4.99 Å². The van der Waals surface area contributed by atoms with E-state index in [4.69, 9.17) is 23.7 Å². The van der Waals surface area contributed by atoms with Crippen molar-refractivity contribution in [3.63, 3.8) is 0 Å². The number of Topliss-reactive ketones (excluding diaryl/α,β-unsaturated/α-hetero) is 1. The van der Waals surface area contributed by atoms with E-state index in [1.54, 1.807) is 18.3 Å². The summed E-state index contributed by atoms with van der Waals surface area (Å²) in [7, 11) is 5.34. The summed E-state index contributed by atoms with van der Waals surface area (Å²) >= 11 is 1.20. The van der Waals surface area contributed by atoms with E-state index in [1.807, 2.05) is 52.2 Å². The highest BCUT2D eigenvalue weighted by Gasteiger charge is 2.57. The summed E-state index contributed by atoms with van der Waals surface area (Å²) in [5, 5.41) is 0.490. The second kappa shape index (κ2) is 9.24. The van der Waals surface area contributed by atoms with E-state index in [0.29, 0.717) is 10.0 Å². The number of thiazole rings is 1. The maximum atomic E-state index is 13.3. The molecule has 0 amide bonds. The summed E-state index contributed by atoms with van der Waals surface area (Å²) in [5.41, 5.74) is 0.941. The number of ether oxygens (including phenoxy) is 5. The molecule has 0 spiro atoms. The van der Waals surface area contributed by atoms with Gasteiger partial charge in [0, 0.05) is 14.1 Å². The number of carbonyl (C=O) groups is 1. The van der Waals surface area contributed by atoms with Gasteiger partial charge in [-0.05, 0) is 31.5 Å². The average Bonchev–Trinajstić information content (AvgIpc) is 3.43. The Kier molecular flexibility index (Phi) is 6.59. The van der Waals surface area contributed by atoms with Gasteiger partial charge in [-0.3, -0.25) is 4.79 Å². The molecule has 0 radical (unpaired) electrons. The molecule has 2 aromatic rings. The lowest BCUT2D eigenvalue weighted by atomic mass is 10.1. The van der Waals surface area contributed by atoms with Crippen molar-refractivity contribution in [1.29, 1.82) is 0 Å². The van der Waals surface area contributed by atoms with Crippen molar-refractivity contribution >= 4 is 28.6 Å². The maximum absolute atomic E-state index is 13.3. The van der Waals surface area contributed by atoms with Crippen LogP contribution in [0.3, 0.4) is 0 Å². The Morgan fingerprint density at radius 2 is 2.03 bits per heavy atom. The Labute approximate surface area is 190 Å². The van der Waals surface area contributed by atoms with E-state index in [2.05, 4.69) is 9.98 Å². The lowest BCUT2D eigenvalue weighted by Gasteiger charge is -2.25. The molecule has 2 aliphatic rings. The minimum atomic E-state index is -0.870. The Balaban J connectivity index is 1.51. The number of rotatable bonds is 8. The fourth-order valence-electron chi connectivity index (χ4n) is 3.53. The normalized spacial score (nSPS) is 26.4. The van der Waals surface area contributed by atoms with E-state index >= 15 is 0 Å². The third-order valence-corrected chi connectivity index (χ3v) is 5.91. The number of methoxy groups -OCH3 is 1. The average molecular weight is 462 g/mol. The molecule has 10 heteroatoms. The number of ketones is 1. The number of nitrogens with zero attached hydrogens (tertiary/aromatic N) is 3. The van der Waals surface area contributed by atoms with E-state index in [1.165, 1.54) is 17.5 Å². The van der Waals surface area contributed by atoms with Crippen LogP contribution in [0.1, 0.15) is 29.1 Å². The van der Waals surface area contributed by atoms with Crippen LogP contribution in [-0.2, 0) is 25.6 Å². The molecule has 0 bridgehead atoms. The summed E-state index contributed by atoms with van der Waals surface area (Å²) in [6, 6.07) is 7.55. The lowest BCUT2D eigenvalue weighted by Crippen LogP contribution is -2.40. The topological polar surface area (TPSA) is 91.7 Å². The van der Waals surface area contributed by atoms with Gasteiger partial charge in [0.1, 0.15) is 18.0 Å². The minimum Gasteiger partial charge on any atom is -0.497 e. The van der Waals surface area contributed by atoms with Gasteiger partial charge < -0.3 is 28.6 Å². The van der Waals surface area contributed by atoms with Crippen LogP contribution in [0, 0.1) is 0 Å². The molecule has 9 nitrogen and oxygen atoms in total. The summed E-state index contributed by atoms with van der Waals surface area (Å²) in [5.74, 6) is -0.282. The molecule has 172 valence electrons. The molecule has 32 heavy (non-hydrogen) atoms. The Morgan fingerprint density at radius 1 is 1.28 bits per heavy atom. The molecule has 0 N–H and O–H groups in total. The summed E-state index contributed by atoms with van der Waals surface area (Å²) in [6.45, 7) is 3.91. The molecule has 2 aliphatic heterocycles. The van der Waals surface area contributed by atoms with Crippen molar-refractivity contribution < 1.29 is 28.5 Å². The van der Waals surface area contributed by atoms with Crippen LogP contribution in [0.2, 0.25) is 0 Å². The predicted molar refractivity (Wildman–Crippen MR) is 119 cm³/mol. The predicted octanol–water partition coefficient (Wildman–Crippen LogP) is 3.02. The van der Waals surface area contributed by atoms with E-state index in [-0.39, 0.29) is 12.4 Å². The number of fused-ring (bicyclic) bond motifs is 1. The van der Waals surface area contributed by atoms with E-state index in [9.17, 15) is 4.79 Å². The number of benzene rings is 1. The highest BCUT2D eigenvalue weighted by atomic mass is 32.1. The molecule has 0 unspecified atom stereocenters. The smallest absolute Gasteiger partial charge is 0.211 e. The SMILES string of the molecule is COc1ccc(CO[C@@H]2[C@H]3OC(C)(C)O[C@H]3O[C@@H]2C(=O)c2cnc(/N=C/N(C)C)s2)cc1. The minimum absolute atomic E-state index is 0.229. The van der Waals surface area contributed by atoms with Crippen LogP contribution in [0.15, 0.2) is 35.5 Å². The van der Waals surface area contributed by atoms with E-state index < -0.39 is 30.4 Å². The maximum Gasteiger partial charge on any atom is 0.211 e. The molecule has 1 aromatic carbocycles. The molecule has 4 atom stereocenters. The van der Waals surface area contributed by atoms with Gasteiger partial charge in [-0.25, -0.2) is 9.98 Å². The molecule has 3 heterocycles. The molecular weight excluding hydrogens is 434 g/mol. The van der Waals surface area contributed by atoms with Gasteiger partial charge in [0.25, 0.3) is 0 Å². The zero-order valence-electron chi connectivity index (χ0n) is 18.7. The highest BCUT2D eigenvalue weighted by Crippen LogP contribution is 2.40. The van der Waals surface area contributed by atoms with Crippen molar-refractivity contribution in [3.05, 3.63) is 40.9 Å². The lowest BCUT2D eigenvalue weighted by molar-refractivity contribution is -0.212. The Hall–Kier alpha value is -2.37. The van der Waals surface area contributed by atoms with Gasteiger partial charge in [0.05, 0.1) is 31.1 Å². The summed E-state index contributed by atoms with van der Waals surface area (Å²) < 4.78 is 29.2. The fraction of sp³-hybridized carbons (Fsp3) is 0.500. The standard InChI is InChI=1S/C22H27N3O6S/c1-22(2)30-19-18(28-11-13-6-8-14(27-5)9-7-13)17(29-20(19)31-22)16(26)15-10-23-21(32-15)24-12-25(3)4/h6-10,12,17-20H,11H2,1-5H3/b24-12+/t17-,18+,19-,20-/m1/s1. The third-order valence-electron chi connectivity index (χ3n) is 4.99. The number of aromatic nitrogens is 1. The van der Waals surface area contributed by atoms with Crippen molar-refractivity contribution in [2.75, 3.05) is 21.2 Å². The summed E-state index contributed by atoms with van der Waals surface area (Å²) in [4.78, 5) is 24.0. The van der Waals surface area contributed by atoms with Crippen LogP contribution >= 0.6 is 11.3 Å². The largest absolute Gasteiger partial charge is 0.497 e. The summed E-state index contributed by atoms with van der Waals surface area (Å²) in [6.07, 6.45) is 0.445. The third kappa shape index (κ3) is 5.00. The molecular formula is C22H27N3O6S. The van der Waals surface area contributed by atoms with Crippen molar-refractivity contribution in [3.8, 4) is 5.75 Å². The van der Waals surface area contributed by atoms with Gasteiger partial charge in [-0.1, -0.05) is 23.5 Å². The van der Waals surface area contributed by atoms with Gasteiger partial charge >= 0.3 is 0 Å². The first-order valence-electron chi connectivity index (χ1n) is 10.2. The van der Waals surface area contributed by atoms with E-state index in [0.717, 1.165) is 11.3 Å². The molecule has 4 rings (SSSR count). The molecule has 1 aromatic heterocycles. The monoisotopic (exact) mass is 461 g/mol. The molecule has 0 saturated carbocycles. The van der Waals surface area contributed by atoms with Crippen LogP contribution in [0.25, 0.3) is 0 Å².